The zero-order chi connectivity index (χ0) is 12.9. The van der Waals surface area contributed by atoms with E-state index >= 15 is 0 Å². The Morgan fingerprint density at radius 1 is 1.33 bits per heavy atom. The highest BCUT2D eigenvalue weighted by Crippen LogP contribution is 2.33. The Morgan fingerprint density at radius 3 is 2.44 bits per heavy atom. The number of likely N-dealkylation sites (tertiary alicyclic amines) is 2. The molecular formula is C12H16N4O2. The summed E-state index contributed by atoms with van der Waals surface area (Å²) >= 11 is 0. The number of rotatable bonds is 2. The van der Waals surface area contributed by atoms with E-state index in [9.17, 15) is 9.59 Å². The minimum absolute atomic E-state index is 0.0359. The second-order valence-corrected chi connectivity index (χ2v) is 5.12. The number of imidazole rings is 1. The summed E-state index contributed by atoms with van der Waals surface area (Å²) in [5.74, 6) is -0.374. The molecule has 2 atom stereocenters. The quantitative estimate of drug-likeness (QED) is 0.734. The number of nitrogens with zero attached hydrogens (tertiary/aromatic N) is 3. The van der Waals surface area contributed by atoms with Crippen LogP contribution < -0.4 is 0 Å². The molecule has 6 nitrogen and oxygen atoms in total. The van der Waals surface area contributed by atoms with Crippen molar-refractivity contribution in [3.8, 4) is 0 Å². The molecule has 96 valence electrons. The maximum atomic E-state index is 11.9. The number of hydrogen-bond acceptors (Lipinski definition) is 4. The molecule has 1 aromatic heterocycles. The average Bonchev–Trinajstić information content (AvgIpc) is 2.98. The Hall–Kier alpha value is -1.69. The lowest BCUT2D eigenvalue weighted by molar-refractivity contribution is -0.138. The van der Waals surface area contributed by atoms with Crippen LogP contribution in [0.2, 0.25) is 0 Å². The number of imide groups is 1. The highest BCUT2D eigenvalue weighted by Gasteiger charge is 2.50. The highest BCUT2D eigenvalue weighted by molar-refractivity contribution is 6.05. The van der Waals surface area contributed by atoms with Crippen molar-refractivity contribution in [3.63, 3.8) is 0 Å². The summed E-state index contributed by atoms with van der Waals surface area (Å²) in [4.78, 5) is 34.4. The number of carbonyl (C=O) groups is 2. The molecule has 1 N–H and O–H groups in total. The number of carbonyl (C=O) groups excluding carboxylic acids is 2. The molecule has 3 heterocycles. The van der Waals surface area contributed by atoms with E-state index in [2.05, 4.69) is 14.9 Å². The minimum atomic E-state index is -0.151. The molecule has 2 aliphatic rings. The molecular weight excluding hydrogens is 232 g/mol. The summed E-state index contributed by atoms with van der Waals surface area (Å²) in [5, 5.41) is 0. The SMILES string of the molecule is Cc1[nH]cnc1CN1C[C@@H]2C(=O)N(C)C(=O)[C@@H]2C1. The third-order valence-corrected chi connectivity index (χ3v) is 4.00. The zero-order valence-electron chi connectivity index (χ0n) is 10.5. The van der Waals surface area contributed by atoms with Crippen LogP contribution in [0.4, 0.5) is 0 Å². The van der Waals surface area contributed by atoms with Crippen molar-refractivity contribution in [2.24, 2.45) is 11.8 Å². The van der Waals surface area contributed by atoms with Gasteiger partial charge in [-0.15, -0.1) is 0 Å². The number of aromatic nitrogens is 2. The first-order valence-electron chi connectivity index (χ1n) is 6.10. The summed E-state index contributed by atoms with van der Waals surface area (Å²) < 4.78 is 0. The number of aryl methyl sites for hydroxylation is 1. The van der Waals surface area contributed by atoms with E-state index in [4.69, 9.17) is 0 Å². The average molecular weight is 248 g/mol. The third-order valence-electron chi connectivity index (χ3n) is 4.00. The van der Waals surface area contributed by atoms with E-state index in [1.807, 2.05) is 6.92 Å². The van der Waals surface area contributed by atoms with Crippen molar-refractivity contribution >= 4 is 11.8 Å². The van der Waals surface area contributed by atoms with Crippen molar-refractivity contribution in [3.05, 3.63) is 17.7 Å². The lowest BCUT2D eigenvalue weighted by Gasteiger charge is -2.17. The van der Waals surface area contributed by atoms with Crippen molar-refractivity contribution in [2.45, 2.75) is 13.5 Å². The largest absolute Gasteiger partial charge is 0.348 e. The molecule has 0 bridgehead atoms. The van der Waals surface area contributed by atoms with Crippen LogP contribution in [-0.2, 0) is 16.1 Å². The molecule has 6 heteroatoms. The van der Waals surface area contributed by atoms with Crippen LogP contribution in [0, 0.1) is 18.8 Å². The first-order valence-corrected chi connectivity index (χ1v) is 6.10. The predicted molar refractivity (Wildman–Crippen MR) is 63.4 cm³/mol. The van der Waals surface area contributed by atoms with E-state index in [1.54, 1.807) is 13.4 Å². The Bertz CT molecular complexity index is 486. The molecule has 0 radical (unpaired) electrons. The van der Waals surface area contributed by atoms with Gasteiger partial charge < -0.3 is 4.98 Å². The number of hydrogen-bond donors (Lipinski definition) is 1. The van der Waals surface area contributed by atoms with Gasteiger partial charge in [0.2, 0.25) is 11.8 Å². The van der Waals surface area contributed by atoms with E-state index in [-0.39, 0.29) is 23.7 Å². The van der Waals surface area contributed by atoms with Gasteiger partial charge in [0.1, 0.15) is 0 Å². The van der Waals surface area contributed by atoms with Gasteiger partial charge in [-0.05, 0) is 6.92 Å². The van der Waals surface area contributed by atoms with Gasteiger partial charge in [0, 0.05) is 32.4 Å². The fraction of sp³-hybridized carbons (Fsp3) is 0.583. The normalized spacial score (nSPS) is 28.2. The molecule has 1 aromatic rings. The Balaban J connectivity index is 1.72. The highest BCUT2D eigenvalue weighted by atomic mass is 16.2. The fourth-order valence-electron chi connectivity index (χ4n) is 2.88. The molecule has 3 rings (SSSR count). The number of amides is 2. The Morgan fingerprint density at radius 2 is 1.94 bits per heavy atom. The molecule has 2 amide bonds. The number of nitrogens with one attached hydrogen (secondary N) is 1. The topological polar surface area (TPSA) is 69.3 Å². The molecule has 2 fully saturated rings. The van der Waals surface area contributed by atoms with Crippen LogP contribution in [0.15, 0.2) is 6.33 Å². The Labute approximate surface area is 105 Å². The smallest absolute Gasteiger partial charge is 0.234 e. The van der Waals surface area contributed by atoms with Gasteiger partial charge in [-0.1, -0.05) is 0 Å². The number of fused-ring (bicyclic) bond motifs is 1. The molecule has 18 heavy (non-hydrogen) atoms. The Kier molecular flexibility index (Phi) is 2.48. The monoisotopic (exact) mass is 248 g/mol. The van der Waals surface area contributed by atoms with Gasteiger partial charge in [-0.25, -0.2) is 4.98 Å². The van der Waals surface area contributed by atoms with Crippen molar-refractivity contribution in [1.29, 1.82) is 0 Å². The first kappa shape index (κ1) is 11.4. The first-order chi connectivity index (χ1) is 8.58. The molecule has 0 saturated carbocycles. The van der Waals surface area contributed by atoms with Crippen LogP contribution in [0.25, 0.3) is 0 Å². The van der Waals surface area contributed by atoms with Crippen molar-refractivity contribution < 1.29 is 9.59 Å². The van der Waals surface area contributed by atoms with Crippen LogP contribution >= 0.6 is 0 Å². The zero-order valence-corrected chi connectivity index (χ0v) is 10.5. The van der Waals surface area contributed by atoms with E-state index in [0.29, 0.717) is 19.6 Å². The summed E-state index contributed by atoms with van der Waals surface area (Å²) in [5.41, 5.74) is 2.03. The van der Waals surface area contributed by atoms with E-state index < -0.39 is 0 Å². The van der Waals surface area contributed by atoms with Gasteiger partial charge in [0.25, 0.3) is 0 Å². The van der Waals surface area contributed by atoms with Crippen LogP contribution in [0.3, 0.4) is 0 Å². The second-order valence-electron chi connectivity index (χ2n) is 5.12. The van der Waals surface area contributed by atoms with Gasteiger partial charge in [-0.2, -0.15) is 0 Å². The molecule has 2 saturated heterocycles. The third kappa shape index (κ3) is 1.56. The van der Waals surface area contributed by atoms with Crippen LogP contribution in [0.5, 0.6) is 0 Å². The van der Waals surface area contributed by atoms with Crippen molar-refractivity contribution in [2.75, 3.05) is 20.1 Å². The lowest BCUT2D eigenvalue weighted by atomic mass is 10.00. The standard InChI is InChI=1S/C12H16N4O2/c1-7-10(14-6-13-7)5-16-3-8-9(4-16)12(18)15(2)11(8)17/h6,8-9H,3-5H2,1-2H3,(H,13,14)/t8-,9+. The van der Waals surface area contributed by atoms with Gasteiger partial charge in [0.15, 0.2) is 0 Å². The van der Waals surface area contributed by atoms with Gasteiger partial charge in [0.05, 0.1) is 23.9 Å². The second kappa shape index (κ2) is 3.91. The molecule has 2 aliphatic heterocycles. The predicted octanol–water partition coefficient (Wildman–Crippen LogP) is -0.235. The number of H-pyrrole nitrogens is 1. The van der Waals surface area contributed by atoms with E-state index in [1.165, 1.54) is 4.90 Å². The van der Waals surface area contributed by atoms with E-state index in [0.717, 1.165) is 11.4 Å². The molecule has 0 unspecified atom stereocenters. The number of aromatic amines is 1. The summed E-state index contributed by atoms with van der Waals surface area (Å²) in [6, 6.07) is 0. The maximum Gasteiger partial charge on any atom is 0.234 e. The molecule has 0 aliphatic carbocycles. The fourth-order valence-corrected chi connectivity index (χ4v) is 2.88. The minimum Gasteiger partial charge on any atom is -0.348 e. The van der Waals surface area contributed by atoms with Crippen LogP contribution in [0.1, 0.15) is 11.4 Å². The summed E-state index contributed by atoms with van der Waals surface area (Å²) in [6.07, 6.45) is 1.67. The van der Waals surface area contributed by atoms with Crippen LogP contribution in [-0.4, -0.2) is 51.7 Å². The maximum absolute atomic E-state index is 11.9. The molecule has 0 spiro atoms. The lowest BCUT2D eigenvalue weighted by Crippen LogP contribution is -2.33. The van der Waals surface area contributed by atoms with Crippen molar-refractivity contribution in [1.82, 2.24) is 19.8 Å². The summed E-state index contributed by atoms with van der Waals surface area (Å²) in [7, 11) is 1.57. The van der Waals surface area contributed by atoms with Gasteiger partial charge >= 0.3 is 0 Å². The molecule has 0 aromatic carbocycles. The summed E-state index contributed by atoms with van der Waals surface area (Å²) in [6.45, 7) is 3.99. The van der Waals surface area contributed by atoms with Gasteiger partial charge in [-0.3, -0.25) is 19.4 Å².